The van der Waals surface area contributed by atoms with Gasteiger partial charge in [0.2, 0.25) is 5.82 Å². The van der Waals surface area contributed by atoms with Crippen LogP contribution in [0.15, 0.2) is 42.9 Å². The number of aromatic nitrogens is 8. The minimum absolute atomic E-state index is 0.137. The van der Waals surface area contributed by atoms with Crippen molar-refractivity contribution in [2.75, 3.05) is 18.5 Å². The number of aliphatic hydroxyl groups is 1. The molecule has 0 aliphatic carbocycles. The molecule has 1 atom stereocenters. The highest BCUT2D eigenvalue weighted by Gasteiger charge is 2.23. The zero-order valence-electron chi connectivity index (χ0n) is 21.7. The number of fused-ring (bicyclic) bond motifs is 1. The molecular formula is C25H29N11O3. The van der Waals surface area contributed by atoms with Crippen LogP contribution in [0.25, 0.3) is 11.5 Å². The lowest BCUT2D eigenvalue weighted by molar-refractivity contribution is 0.102. The van der Waals surface area contributed by atoms with Crippen LogP contribution in [0.4, 0.5) is 10.6 Å². The van der Waals surface area contributed by atoms with E-state index in [-0.39, 0.29) is 24.4 Å². The fourth-order valence-electron chi connectivity index (χ4n) is 4.24. The smallest absolute Gasteiger partial charge is 0.317 e. The number of nitrogens with one attached hydrogen (secondary N) is 2. The molecule has 0 bridgehead atoms. The Hall–Kier alpha value is -4.72. The first kappa shape index (κ1) is 25.9. The molecule has 39 heavy (non-hydrogen) atoms. The number of pyridine rings is 2. The number of amides is 3. The molecule has 0 saturated heterocycles. The Morgan fingerprint density at radius 1 is 1.21 bits per heavy atom. The number of anilines is 1. The van der Waals surface area contributed by atoms with Crippen LogP contribution in [0.2, 0.25) is 0 Å². The molecule has 0 aromatic carbocycles. The van der Waals surface area contributed by atoms with Crippen molar-refractivity contribution in [1.82, 2.24) is 50.2 Å². The normalized spacial score (nSPS) is 13.6. The van der Waals surface area contributed by atoms with Crippen LogP contribution in [0.1, 0.15) is 47.1 Å². The van der Waals surface area contributed by atoms with E-state index >= 15 is 0 Å². The van der Waals surface area contributed by atoms with E-state index in [0.717, 1.165) is 23.2 Å². The predicted molar refractivity (Wildman–Crippen MR) is 139 cm³/mol. The summed E-state index contributed by atoms with van der Waals surface area (Å²) in [6.45, 7) is 5.74. The molecule has 14 heteroatoms. The summed E-state index contributed by atoms with van der Waals surface area (Å²) in [6.07, 6.45) is 5.99. The number of hydrogen-bond acceptors (Lipinski definition) is 9. The number of carbonyl (C=O) groups excluding carboxylic acids is 2. The molecule has 5 rings (SSSR count). The number of tetrazole rings is 1. The van der Waals surface area contributed by atoms with Crippen molar-refractivity contribution in [3.8, 4) is 11.5 Å². The number of hydrogen-bond donors (Lipinski definition) is 3. The van der Waals surface area contributed by atoms with Crippen molar-refractivity contribution < 1.29 is 14.7 Å². The van der Waals surface area contributed by atoms with Gasteiger partial charge in [0.05, 0.1) is 18.8 Å². The van der Waals surface area contributed by atoms with Gasteiger partial charge >= 0.3 is 6.03 Å². The van der Waals surface area contributed by atoms with Crippen LogP contribution >= 0.6 is 0 Å². The number of carbonyl (C=O) groups is 2. The zero-order valence-corrected chi connectivity index (χ0v) is 21.7. The van der Waals surface area contributed by atoms with Gasteiger partial charge in [-0.15, -0.1) is 5.10 Å². The lowest BCUT2D eigenvalue weighted by Crippen LogP contribution is -2.42. The minimum Gasteiger partial charge on any atom is -0.394 e. The Morgan fingerprint density at radius 3 is 2.87 bits per heavy atom. The highest BCUT2D eigenvalue weighted by atomic mass is 16.3. The second-order valence-corrected chi connectivity index (χ2v) is 9.21. The fraction of sp³-hybridized carbons (Fsp3) is 0.360. The van der Waals surface area contributed by atoms with Gasteiger partial charge in [0.15, 0.2) is 0 Å². The van der Waals surface area contributed by atoms with Crippen LogP contribution in [0.3, 0.4) is 0 Å². The van der Waals surface area contributed by atoms with Crippen LogP contribution in [0, 0.1) is 0 Å². The molecule has 4 aromatic heterocycles. The average Bonchev–Trinajstić information content (AvgIpc) is 3.65. The highest BCUT2D eigenvalue weighted by Crippen LogP contribution is 2.21. The Kier molecular flexibility index (Phi) is 7.54. The summed E-state index contributed by atoms with van der Waals surface area (Å²) < 4.78 is 3.28. The number of aliphatic hydroxyl groups excluding tert-OH is 1. The van der Waals surface area contributed by atoms with Gasteiger partial charge in [-0.1, -0.05) is 6.07 Å². The van der Waals surface area contributed by atoms with Crippen molar-refractivity contribution in [1.29, 1.82) is 0 Å². The van der Waals surface area contributed by atoms with Crippen LogP contribution < -0.4 is 10.6 Å². The van der Waals surface area contributed by atoms with Gasteiger partial charge in [0.1, 0.15) is 17.2 Å². The quantitative estimate of drug-likeness (QED) is 0.304. The predicted octanol–water partition coefficient (Wildman–Crippen LogP) is 1.42. The molecule has 14 nitrogen and oxygen atoms in total. The van der Waals surface area contributed by atoms with Gasteiger partial charge in [-0.05, 0) is 60.0 Å². The van der Waals surface area contributed by atoms with E-state index in [1.165, 1.54) is 4.68 Å². The molecule has 0 fully saturated rings. The first-order valence-corrected chi connectivity index (χ1v) is 12.6. The zero-order chi connectivity index (χ0) is 27.4. The van der Waals surface area contributed by atoms with Crippen molar-refractivity contribution in [3.05, 3.63) is 65.2 Å². The number of urea groups is 1. The van der Waals surface area contributed by atoms with Crippen molar-refractivity contribution >= 4 is 17.8 Å². The molecular weight excluding hydrogens is 502 g/mol. The summed E-state index contributed by atoms with van der Waals surface area (Å²) in [7, 11) is 0. The molecule has 1 aliphatic rings. The van der Waals surface area contributed by atoms with E-state index in [0.29, 0.717) is 43.4 Å². The fourth-order valence-corrected chi connectivity index (χ4v) is 4.24. The standard InChI is InChI=1S/C25H29N11O3/c1-3-35-13-17(11-28-35)10-27-25(39)34-8-7-18-12-26-21(9-19(18)14-34)24(38)30-22-6-4-5-20(29-22)23-31-32-33-36(23)16(2)15-37/h4-6,9,11-13,16,37H,3,7-8,10,14-15H2,1-2H3,(H,27,39)(H,29,30,38)/t16-/m1/s1. The third-order valence-corrected chi connectivity index (χ3v) is 6.46. The Morgan fingerprint density at radius 2 is 2.08 bits per heavy atom. The number of aryl methyl sites for hydroxylation is 1. The summed E-state index contributed by atoms with van der Waals surface area (Å²) in [5.41, 5.74) is 3.47. The van der Waals surface area contributed by atoms with Gasteiger partial charge in [0, 0.05) is 44.1 Å². The summed E-state index contributed by atoms with van der Waals surface area (Å²) in [5.74, 6) is 0.244. The molecule has 202 valence electrons. The Bertz CT molecular complexity index is 1480. The lowest BCUT2D eigenvalue weighted by atomic mass is 10.0. The van der Waals surface area contributed by atoms with Crippen molar-refractivity contribution in [2.45, 2.75) is 45.9 Å². The molecule has 4 aromatic rings. The second kappa shape index (κ2) is 11.3. The summed E-state index contributed by atoms with van der Waals surface area (Å²) >= 11 is 0. The van der Waals surface area contributed by atoms with E-state index in [9.17, 15) is 14.7 Å². The summed E-state index contributed by atoms with van der Waals surface area (Å²) in [6, 6.07) is 6.30. The van der Waals surface area contributed by atoms with Crippen LogP contribution in [0.5, 0.6) is 0 Å². The van der Waals surface area contributed by atoms with Gasteiger partial charge in [-0.3, -0.25) is 14.5 Å². The third kappa shape index (κ3) is 5.75. The van der Waals surface area contributed by atoms with E-state index < -0.39 is 5.91 Å². The van der Waals surface area contributed by atoms with E-state index in [4.69, 9.17) is 0 Å². The van der Waals surface area contributed by atoms with Gasteiger partial charge < -0.3 is 20.6 Å². The molecule has 5 heterocycles. The van der Waals surface area contributed by atoms with Crippen molar-refractivity contribution in [3.63, 3.8) is 0 Å². The number of nitrogens with zero attached hydrogens (tertiary/aromatic N) is 9. The topological polar surface area (TPSA) is 169 Å². The molecule has 0 spiro atoms. The van der Waals surface area contributed by atoms with Gasteiger partial charge in [-0.2, -0.15) is 5.10 Å². The highest BCUT2D eigenvalue weighted by molar-refractivity contribution is 6.02. The van der Waals surface area contributed by atoms with Gasteiger partial charge in [-0.25, -0.2) is 14.5 Å². The van der Waals surface area contributed by atoms with Crippen molar-refractivity contribution in [2.24, 2.45) is 0 Å². The minimum atomic E-state index is -0.430. The average molecular weight is 532 g/mol. The summed E-state index contributed by atoms with van der Waals surface area (Å²) in [5, 5.41) is 31.0. The third-order valence-electron chi connectivity index (χ3n) is 6.46. The maximum absolute atomic E-state index is 13.0. The van der Waals surface area contributed by atoms with Gasteiger partial charge in [0.25, 0.3) is 5.91 Å². The maximum Gasteiger partial charge on any atom is 0.317 e. The molecule has 0 saturated carbocycles. The van der Waals surface area contributed by atoms with E-state index in [1.807, 2.05) is 17.8 Å². The van der Waals surface area contributed by atoms with Crippen LogP contribution in [-0.4, -0.2) is 75.1 Å². The molecule has 3 amide bonds. The van der Waals surface area contributed by atoms with E-state index in [1.54, 1.807) is 48.5 Å². The van der Waals surface area contributed by atoms with E-state index in [2.05, 4.69) is 41.2 Å². The first-order valence-electron chi connectivity index (χ1n) is 12.6. The number of rotatable bonds is 8. The molecule has 3 N–H and O–H groups in total. The lowest BCUT2D eigenvalue weighted by Gasteiger charge is -2.29. The maximum atomic E-state index is 13.0. The summed E-state index contributed by atoms with van der Waals surface area (Å²) in [4.78, 5) is 36.3. The largest absolute Gasteiger partial charge is 0.394 e. The van der Waals surface area contributed by atoms with Crippen LogP contribution in [-0.2, 0) is 26.1 Å². The molecule has 0 unspecified atom stereocenters. The SMILES string of the molecule is CCn1cc(CNC(=O)N2CCc3cnc(C(=O)Nc4cccc(-c5nnnn5[C@H](C)CO)n4)cc3C2)cn1. The molecule has 0 radical (unpaired) electrons. The Labute approximate surface area is 224 Å². The monoisotopic (exact) mass is 531 g/mol. The molecule has 1 aliphatic heterocycles. The Balaban J connectivity index is 1.24. The second-order valence-electron chi connectivity index (χ2n) is 9.21. The first-order chi connectivity index (χ1) is 18.9.